The van der Waals surface area contributed by atoms with Gasteiger partial charge in [-0.1, -0.05) is 13.3 Å². The van der Waals surface area contributed by atoms with Crippen molar-refractivity contribution in [3.8, 4) is 0 Å². The number of rotatable bonds is 5. The van der Waals surface area contributed by atoms with Crippen LogP contribution in [-0.4, -0.2) is 22.6 Å². The molecule has 0 aliphatic heterocycles. The van der Waals surface area contributed by atoms with E-state index < -0.39 is 5.97 Å². The van der Waals surface area contributed by atoms with Gasteiger partial charge >= 0.3 is 5.97 Å². The van der Waals surface area contributed by atoms with Crippen molar-refractivity contribution in [3.05, 3.63) is 17.8 Å². The number of pyridine rings is 1. The summed E-state index contributed by atoms with van der Waals surface area (Å²) < 4.78 is 0. The van der Waals surface area contributed by atoms with Gasteiger partial charge < -0.3 is 16.2 Å². The number of anilines is 2. The summed E-state index contributed by atoms with van der Waals surface area (Å²) >= 11 is 0. The number of nitrogens with one attached hydrogen (secondary N) is 1. The standard InChI is InChI=1S/C13H19N3O2/c1-2-13(4-3-5-13)8-16-11-6-9(12(17)18)10(14)7-15-11/h6-7H,2-5,8,14H2,1H3,(H,15,16)(H,17,18). The predicted octanol–water partition coefficient (Wildman–Crippen LogP) is 2.35. The van der Waals surface area contributed by atoms with Crippen molar-refractivity contribution in [2.24, 2.45) is 5.41 Å². The van der Waals surface area contributed by atoms with Crippen molar-refractivity contribution >= 4 is 17.5 Å². The van der Waals surface area contributed by atoms with Crippen LogP contribution in [0.25, 0.3) is 0 Å². The van der Waals surface area contributed by atoms with Crippen molar-refractivity contribution in [2.75, 3.05) is 17.6 Å². The molecule has 1 aliphatic carbocycles. The Morgan fingerprint density at radius 3 is 2.83 bits per heavy atom. The van der Waals surface area contributed by atoms with Crippen LogP contribution in [0.5, 0.6) is 0 Å². The van der Waals surface area contributed by atoms with Crippen molar-refractivity contribution in [1.29, 1.82) is 0 Å². The number of aromatic carboxylic acids is 1. The number of nitrogens with two attached hydrogens (primary N) is 1. The van der Waals surface area contributed by atoms with E-state index in [4.69, 9.17) is 10.8 Å². The summed E-state index contributed by atoms with van der Waals surface area (Å²) in [6.07, 6.45) is 6.28. The van der Waals surface area contributed by atoms with Gasteiger partial charge in [-0.05, 0) is 30.7 Å². The molecule has 5 nitrogen and oxygen atoms in total. The van der Waals surface area contributed by atoms with Crippen LogP contribution in [0.1, 0.15) is 43.0 Å². The zero-order chi connectivity index (χ0) is 13.2. The molecule has 1 fully saturated rings. The fraction of sp³-hybridized carbons (Fsp3) is 0.538. The third-order valence-electron chi connectivity index (χ3n) is 3.97. The lowest BCUT2D eigenvalue weighted by molar-refractivity contribution is 0.0698. The van der Waals surface area contributed by atoms with Gasteiger partial charge in [0.2, 0.25) is 0 Å². The Balaban J connectivity index is 2.06. The number of carboxylic acids is 1. The first kappa shape index (κ1) is 12.7. The van der Waals surface area contributed by atoms with Crippen LogP contribution in [0.15, 0.2) is 12.3 Å². The molecule has 4 N–H and O–H groups in total. The Morgan fingerprint density at radius 1 is 1.61 bits per heavy atom. The van der Waals surface area contributed by atoms with Gasteiger partial charge in [-0.25, -0.2) is 9.78 Å². The van der Waals surface area contributed by atoms with Crippen molar-refractivity contribution < 1.29 is 9.90 Å². The third-order valence-corrected chi connectivity index (χ3v) is 3.97. The smallest absolute Gasteiger partial charge is 0.337 e. The van der Waals surface area contributed by atoms with E-state index in [1.807, 2.05) is 0 Å². The average Bonchev–Trinajstić information content (AvgIpc) is 2.30. The summed E-state index contributed by atoms with van der Waals surface area (Å²) in [5.74, 6) is -0.437. The Kier molecular flexibility index (Phi) is 3.41. The Labute approximate surface area is 106 Å². The van der Waals surface area contributed by atoms with Gasteiger partial charge in [0.05, 0.1) is 17.4 Å². The molecule has 5 heteroatoms. The summed E-state index contributed by atoms with van der Waals surface area (Å²) in [5.41, 5.74) is 6.23. The van der Waals surface area contributed by atoms with E-state index in [9.17, 15) is 4.79 Å². The molecule has 1 heterocycles. The van der Waals surface area contributed by atoms with Crippen LogP contribution < -0.4 is 11.1 Å². The average molecular weight is 249 g/mol. The first-order valence-electron chi connectivity index (χ1n) is 6.29. The summed E-state index contributed by atoms with van der Waals surface area (Å²) in [5, 5.41) is 12.2. The van der Waals surface area contributed by atoms with Gasteiger partial charge in [0.25, 0.3) is 0 Å². The number of aromatic nitrogens is 1. The number of nitrogens with zero attached hydrogens (tertiary/aromatic N) is 1. The SMILES string of the molecule is CCC1(CNc2cc(C(=O)O)c(N)cn2)CCC1. The molecule has 0 bridgehead atoms. The summed E-state index contributed by atoms with van der Waals surface area (Å²) in [6.45, 7) is 3.04. The monoisotopic (exact) mass is 249 g/mol. The topological polar surface area (TPSA) is 88.2 Å². The maximum absolute atomic E-state index is 11.0. The van der Waals surface area contributed by atoms with Gasteiger partial charge in [0, 0.05) is 6.54 Å². The Hall–Kier alpha value is -1.78. The zero-order valence-electron chi connectivity index (χ0n) is 10.6. The molecule has 0 radical (unpaired) electrons. The van der Waals surface area contributed by atoms with E-state index in [1.165, 1.54) is 31.5 Å². The van der Waals surface area contributed by atoms with Gasteiger partial charge in [0.1, 0.15) is 5.82 Å². The molecular weight excluding hydrogens is 230 g/mol. The highest BCUT2D eigenvalue weighted by molar-refractivity contribution is 5.94. The summed E-state index contributed by atoms with van der Waals surface area (Å²) in [4.78, 5) is 15.1. The number of hydrogen-bond donors (Lipinski definition) is 3. The third kappa shape index (κ3) is 2.39. The second-order valence-corrected chi connectivity index (χ2v) is 5.02. The van der Waals surface area contributed by atoms with Crippen LogP contribution in [-0.2, 0) is 0 Å². The predicted molar refractivity (Wildman–Crippen MR) is 70.7 cm³/mol. The lowest BCUT2D eigenvalue weighted by atomic mass is 9.67. The van der Waals surface area contributed by atoms with E-state index in [0.717, 1.165) is 13.0 Å². The van der Waals surface area contributed by atoms with Gasteiger partial charge in [-0.2, -0.15) is 0 Å². The fourth-order valence-corrected chi connectivity index (χ4v) is 2.36. The molecule has 1 aromatic rings. The van der Waals surface area contributed by atoms with Crippen LogP contribution in [0.4, 0.5) is 11.5 Å². The highest BCUT2D eigenvalue weighted by atomic mass is 16.4. The van der Waals surface area contributed by atoms with Crippen molar-refractivity contribution in [2.45, 2.75) is 32.6 Å². The van der Waals surface area contributed by atoms with Crippen LogP contribution >= 0.6 is 0 Å². The fourth-order valence-electron chi connectivity index (χ4n) is 2.36. The summed E-state index contributed by atoms with van der Waals surface area (Å²) in [7, 11) is 0. The van der Waals surface area contributed by atoms with Gasteiger partial charge in [-0.15, -0.1) is 0 Å². The molecule has 98 valence electrons. The molecule has 1 aromatic heterocycles. The highest BCUT2D eigenvalue weighted by Gasteiger charge is 2.34. The minimum absolute atomic E-state index is 0.103. The van der Waals surface area contributed by atoms with Crippen LogP contribution in [0.3, 0.4) is 0 Å². The molecule has 0 saturated heterocycles. The molecular formula is C13H19N3O2. The Morgan fingerprint density at radius 2 is 2.33 bits per heavy atom. The Bertz CT molecular complexity index is 450. The number of carboxylic acid groups (broad SMARTS) is 1. The van der Waals surface area contributed by atoms with E-state index >= 15 is 0 Å². The normalized spacial score (nSPS) is 16.9. The first-order valence-corrected chi connectivity index (χ1v) is 6.29. The lowest BCUT2D eigenvalue weighted by Gasteiger charge is -2.41. The first-order chi connectivity index (χ1) is 8.56. The molecule has 0 amide bonds. The number of hydrogen-bond acceptors (Lipinski definition) is 4. The molecule has 0 unspecified atom stereocenters. The van der Waals surface area contributed by atoms with Crippen molar-refractivity contribution in [3.63, 3.8) is 0 Å². The zero-order valence-corrected chi connectivity index (χ0v) is 10.6. The molecule has 0 aromatic carbocycles. The minimum Gasteiger partial charge on any atom is -0.478 e. The maximum Gasteiger partial charge on any atom is 0.337 e. The quantitative estimate of drug-likeness (QED) is 0.745. The summed E-state index contributed by atoms with van der Waals surface area (Å²) in [6, 6.07) is 1.50. The minimum atomic E-state index is -1.02. The van der Waals surface area contributed by atoms with E-state index in [2.05, 4.69) is 17.2 Å². The maximum atomic E-state index is 11.0. The largest absolute Gasteiger partial charge is 0.478 e. The second-order valence-electron chi connectivity index (χ2n) is 5.02. The van der Waals surface area contributed by atoms with Crippen LogP contribution in [0.2, 0.25) is 0 Å². The van der Waals surface area contributed by atoms with Gasteiger partial charge in [0.15, 0.2) is 0 Å². The molecule has 18 heavy (non-hydrogen) atoms. The molecule has 1 saturated carbocycles. The molecule has 0 atom stereocenters. The number of nitrogen functional groups attached to an aromatic ring is 1. The van der Waals surface area contributed by atoms with Crippen molar-refractivity contribution in [1.82, 2.24) is 4.98 Å². The lowest BCUT2D eigenvalue weighted by Crippen LogP contribution is -2.36. The van der Waals surface area contributed by atoms with E-state index in [-0.39, 0.29) is 11.3 Å². The second kappa shape index (κ2) is 4.84. The van der Waals surface area contributed by atoms with Crippen LogP contribution in [0, 0.1) is 5.41 Å². The molecule has 2 rings (SSSR count). The number of carbonyl (C=O) groups is 1. The van der Waals surface area contributed by atoms with Gasteiger partial charge in [-0.3, -0.25) is 0 Å². The molecule has 0 spiro atoms. The van der Waals surface area contributed by atoms with E-state index in [0.29, 0.717) is 11.2 Å². The molecule has 1 aliphatic rings. The highest BCUT2D eigenvalue weighted by Crippen LogP contribution is 2.43. The van der Waals surface area contributed by atoms with E-state index in [1.54, 1.807) is 0 Å².